The summed E-state index contributed by atoms with van der Waals surface area (Å²) in [7, 11) is 0. The lowest BCUT2D eigenvalue weighted by Crippen LogP contribution is -2.07. The van der Waals surface area contributed by atoms with Crippen LogP contribution >= 0.6 is 23.4 Å². The molecule has 0 aromatic heterocycles. The molecule has 0 saturated carbocycles. The van der Waals surface area contributed by atoms with Gasteiger partial charge in [0, 0.05) is 17.3 Å². The average molecular weight is 273 g/mol. The number of rotatable bonds is 4. The minimum atomic E-state index is -0.956. The molecule has 3 nitrogen and oxygen atoms in total. The minimum Gasteiger partial charge on any atom is -0.478 e. The Hall–Kier alpha value is -0.710. The van der Waals surface area contributed by atoms with E-state index in [9.17, 15) is 4.79 Å². The molecule has 1 atom stereocenters. The van der Waals surface area contributed by atoms with E-state index in [1.807, 2.05) is 0 Å². The number of carboxylic acids is 1. The molecule has 0 amide bonds. The van der Waals surface area contributed by atoms with Crippen LogP contribution in [0.25, 0.3) is 0 Å². The predicted octanol–water partition coefficient (Wildman–Crippen LogP) is 3.31. The number of aromatic carboxylic acids is 1. The third kappa shape index (κ3) is 3.37. The molecule has 1 fully saturated rings. The van der Waals surface area contributed by atoms with Gasteiger partial charge < -0.3 is 9.84 Å². The van der Waals surface area contributed by atoms with Crippen LogP contribution in [0.5, 0.6) is 0 Å². The topological polar surface area (TPSA) is 46.5 Å². The first-order valence-corrected chi connectivity index (χ1v) is 6.80. The Morgan fingerprint density at radius 2 is 2.41 bits per heavy atom. The number of hydrogen-bond donors (Lipinski definition) is 1. The van der Waals surface area contributed by atoms with Gasteiger partial charge >= 0.3 is 5.97 Å². The lowest BCUT2D eigenvalue weighted by atomic mass is 10.2. The van der Waals surface area contributed by atoms with Crippen molar-refractivity contribution in [2.75, 3.05) is 12.4 Å². The maximum atomic E-state index is 10.7. The number of carbonyl (C=O) groups is 1. The van der Waals surface area contributed by atoms with Gasteiger partial charge in [-0.05, 0) is 31.0 Å². The van der Waals surface area contributed by atoms with Crippen LogP contribution in [-0.4, -0.2) is 29.5 Å². The third-order valence-electron chi connectivity index (χ3n) is 2.63. The molecule has 1 saturated heterocycles. The number of carboxylic acid groups (broad SMARTS) is 1. The van der Waals surface area contributed by atoms with E-state index in [1.165, 1.54) is 6.07 Å². The predicted molar refractivity (Wildman–Crippen MR) is 68.1 cm³/mol. The van der Waals surface area contributed by atoms with Crippen LogP contribution in [0, 0.1) is 0 Å². The van der Waals surface area contributed by atoms with E-state index < -0.39 is 5.97 Å². The SMILES string of the molecule is O=C(O)c1ccc(SCC2CCCO2)c(Cl)c1. The van der Waals surface area contributed by atoms with Gasteiger partial charge in [0.25, 0.3) is 0 Å². The van der Waals surface area contributed by atoms with Gasteiger partial charge in [-0.2, -0.15) is 0 Å². The molecule has 0 aliphatic carbocycles. The van der Waals surface area contributed by atoms with Crippen molar-refractivity contribution in [3.8, 4) is 0 Å². The maximum absolute atomic E-state index is 10.7. The fourth-order valence-electron chi connectivity index (χ4n) is 1.71. The summed E-state index contributed by atoms with van der Waals surface area (Å²) in [5, 5.41) is 9.31. The number of ether oxygens (including phenoxy) is 1. The van der Waals surface area contributed by atoms with Crippen LogP contribution in [0.15, 0.2) is 23.1 Å². The number of hydrogen-bond acceptors (Lipinski definition) is 3. The summed E-state index contributed by atoms with van der Waals surface area (Å²) >= 11 is 7.65. The van der Waals surface area contributed by atoms with Gasteiger partial charge in [0.05, 0.1) is 16.7 Å². The Bertz CT molecular complexity index is 416. The Balaban J connectivity index is 1.98. The first-order chi connectivity index (χ1) is 8.16. The molecule has 1 aromatic rings. The largest absolute Gasteiger partial charge is 0.478 e. The quantitative estimate of drug-likeness (QED) is 0.854. The molecule has 2 rings (SSSR count). The van der Waals surface area contributed by atoms with Gasteiger partial charge in [0.15, 0.2) is 0 Å². The van der Waals surface area contributed by atoms with Gasteiger partial charge in [-0.15, -0.1) is 11.8 Å². The smallest absolute Gasteiger partial charge is 0.335 e. The van der Waals surface area contributed by atoms with Crippen molar-refractivity contribution in [3.63, 3.8) is 0 Å². The van der Waals surface area contributed by atoms with E-state index in [0.717, 1.165) is 30.1 Å². The molecule has 1 aliphatic rings. The van der Waals surface area contributed by atoms with E-state index >= 15 is 0 Å². The summed E-state index contributed by atoms with van der Waals surface area (Å²) in [5.74, 6) is -0.0887. The van der Waals surface area contributed by atoms with E-state index in [0.29, 0.717) is 11.1 Å². The fourth-order valence-corrected chi connectivity index (χ4v) is 3.04. The Morgan fingerprint density at radius 1 is 1.59 bits per heavy atom. The van der Waals surface area contributed by atoms with Gasteiger partial charge in [-0.1, -0.05) is 11.6 Å². The summed E-state index contributed by atoms with van der Waals surface area (Å²) in [6, 6.07) is 4.82. The molecular formula is C12H13ClO3S. The zero-order valence-electron chi connectivity index (χ0n) is 9.19. The molecule has 0 bridgehead atoms. The highest BCUT2D eigenvalue weighted by Crippen LogP contribution is 2.30. The Kier molecular flexibility index (Phi) is 4.31. The summed E-state index contributed by atoms with van der Waals surface area (Å²) in [6.07, 6.45) is 2.52. The summed E-state index contributed by atoms with van der Waals surface area (Å²) < 4.78 is 5.52. The van der Waals surface area contributed by atoms with Gasteiger partial charge in [-0.3, -0.25) is 0 Å². The maximum Gasteiger partial charge on any atom is 0.335 e. The number of benzene rings is 1. The van der Waals surface area contributed by atoms with E-state index in [4.69, 9.17) is 21.4 Å². The first kappa shape index (κ1) is 12.7. The zero-order chi connectivity index (χ0) is 12.3. The second-order valence-corrected chi connectivity index (χ2v) is 5.37. The minimum absolute atomic E-state index is 0.219. The van der Waals surface area contributed by atoms with E-state index in [2.05, 4.69) is 0 Å². The number of thioether (sulfide) groups is 1. The van der Waals surface area contributed by atoms with Crippen molar-refractivity contribution in [1.82, 2.24) is 0 Å². The van der Waals surface area contributed by atoms with Crippen LogP contribution in [0.3, 0.4) is 0 Å². The van der Waals surface area contributed by atoms with Crippen molar-refractivity contribution in [2.24, 2.45) is 0 Å². The van der Waals surface area contributed by atoms with Crippen molar-refractivity contribution in [3.05, 3.63) is 28.8 Å². The molecule has 5 heteroatoms. The molecule has 92 valence electrons. The Labute approximate surface area is 109 Å². The second kappa shape index (κ2) is 5.76. The second-order valence-electron chi connectivity index (χ2n) is 3.90. The summed E-state index contributed by atoms with van der Waals surface area (Å²) in [4.78, 5) is 11.7. The normalized spacial score (nSPS) is 19.5. The Morgan fingerprint density at radius 3 is 3.00 bits per heavy atom. The van der Waals surface area contributed by atoms with Gasteiger partial charge in [0.2, 0.25) is 0 Å². The van der Waals surface area contributed by atoms with Crippen molar-refractivity contribution >= 4 is 29.3 Å². The van der Waals surface area contributed by atoms with Crippen LogP contribution in [-0.2, 0) is 4.74 Å². The fraction of sp³-hybridized carbons (Fsp3) is 0.417. The molecule has 1 aromatic carbocycles. The molecule has 1 heterocycles. The van der Waals surface area contributed by atoms with E-state index in [-0.39, 0.29) is 5.56 Å². The van der Waals surface area contributed by atoms with Crippen LogP contribution in [0.4, 0.5) is 0 Å². The molecule has 17 heavy (non-hydrogen) atoms. The van der Waals surface area contributed by atoms with Crippen molar-refractivity contribution in [1.29, 1.82) is 0 Å². The lowest BCUT2D eigenvalue weighted by molar-refractivity contribution is 0.0697. The summed E-state index contributed by atoms with van der Waals surface area (Å²) in [6.45, 7) is 0.844. The first-order valence-electron chi connectivity index (χ1n) is 5.44. The molecule has 0 spiro atoms. The average Bonchev–Trinajstić information content (AvgIpc) is 2.80. The van der Waals surface area contributed by atoms with Crippen LogP contribution < -0.4 is 0 Å². The van der Waals surface area contributed by atoms with E-state index in [1.54, 1.807) is 23.9 Å². The van der Waals surface area contributed by atoms with Crippen molar-refractivity contribution in [2.45, 2.75) is 23.8 Å². The van der Waals surface area contributed by atoms with Gasteiger partial charge in [-0.25, -0.2) is 4.79 Å². The third-order valence-corrected chi connectivity index (χ3v) is 4.26. The monoisotopic (exact) mass is 272 g/mol. The van der Waals surface area contributed by atoms with Crippen LogP contribution in [0.2, 0.25) is 5.02 Å². The number of halogens is 1. The van der Waals surface area contributed by atoms with Crippen LogP contribution in [0.1, 0.15) is 23.2 Å². The standard InChI is InChI=1S/C12H13ClO3S/c13-10-6-8(12(14)15)3-4-11(10)17-7-9-2-1-5-16-9/h3-4,6,9H,1-2,5,7H2,(H,14,15). The highest BCUT2D eigenvalue weighted by Gasteiger charge is 2.16. The highest BCUT2D eigenvalue weighted by molar-refractivity contribution is 7.99. The van der Waals surface area contributed by atoms with Crippen molar-refractivity contribution < 1.29 is 14.6 Å². The lowest BCUT2D eigenvalue weighted by Gasteiger charge is -2.09. The van der Waals surface area contributed by atoms with Gasteiger partial charge in [0.1, 0.15) is 0 Å². The zero-order valence-corrected chi connectivity index (χ0v) is 10.8. The molecular weight excluding hydrogens is 260 g/mol. The molecule has 1 aliphatic heterocycles. The highest BCUT2D eigenvalue weighted by atomic mass is 35.5. The molecule has 0 radical (unpaired) electrons. The summed E-state index contributed by atoms with van der Waals surface area (Å²) in [5.41, 5.74) is 0.219. The molecule has 1 N–H and O–H groups in total. The molecule has 1 unspecified atom stereocenters.